The van der Waals surface area contributed by atoms with Gasteiger partial charge in [0.1, 0.15) is 17.6 Å². The van der Waals surface area contributed by atoms with Gasteiger partial charge in [-0.1, -0.05) is 42.5 Å². The summed E-state index contributed by atoms with van der Waals surface area (Å²) in [5, 5.41) is 9.02. The van der Waals surface area contributed by atoms with Crippen molar-refractivity contribution in [3.8, 4) is 5.75 Å². The van der Waals surface area contributed by atoms with Gasteiger partial charge in [-0.3, -0.25) is 4.79 Å². The van der Waals surface area contributed by atoms with Gasteiger partial charge in [0.05, 0.1) is 18.0 Å². The molecule has 3 aromatic carbocycles. The van der Waals surface area contributed by atoms with E-state index in [0.29, 0.717) is 11.3 Å². The molecule has 3 N–H and O–H groups in total. The minimum Gasteiger partial charge on any atom is -0.480 e. The second-order valence-corrected chi connectivity index (χ2v) is 9.92. The lowest BCUT2D eigenvalue weighted by Crippen LogP contribution is -2.64. The minimum atomic E-state index is -3.85. The monoisotopic (exact) mass is 470 g/mol. The number of carbonyl (C=O) groups is 1. The maximum Gasteiger partial charge on any atom is 0.320 e. The summed E-state index contributed by atoms with van der Waals surface area (Å²) >= 11 is 0. The largest absolute Gasteiger partial charge is 0.480 e. The molecule has 3 aromatic rings. The summed E-state index contributed by atoms with van der Waals surface area (Å²) < 4.78 is 47.4. The number of nitrogens with two attached hydrogens (primary N) is 1. The summed E-state index contributed by atoms with van der Waals surface area (Å²) in [5.74, 6) is -1.12. The molecule has 9 heteroatoms. The molecular formula is C24H23FN2O5S. The van der Waals surface area contributed by atoms with Crippen LogP contribution in [-0.2, 0) is 26.8 Å². The van der Waals surface area contributed by atoms with Crippen molar-refractivity contribution >= 4 is 16.0 Å². The fourth-order valence-electron chi connectivity index (χ4n) is 3.79. The fraction of sp³-hybridized carbons (Fsp3) is 0.208. The van der Waals surface area contributed by atoms with Crippen molar-refractivity contribution in [3.63, 3.8) is 0 Å². The van der Waals surface area contributed by atoms with E-state index < -0.39 is 33.5 Å². The highest BCUT2D eigenvalue weighted by Crippen LogP contribution is 2.40. The summed E-state index contributed by atoms with van der Waals surface area (Å²) in [6, 6.07) is 19.9. The lowest BCUT2D eigenvalue weighted by molar-refractivity contribution is -0.138. The number of hydrogen-bond donors (Lipinski definition) is 2. The lowest BCUT2D eigenvalue weighted by atomic mass is 9.87. The van der Waals surface area contributed by atoms with Crippen LogP contribution < -0.4 is 10.5 Å². The first-order valence-corrected chi connectivity index (χ1v) is 11.7. The highest BCUT2D eigenvalue weighted by atomic mass is 32.2. The Morgan fingerprint density at radius 3 is 2.36 bits per heavy atom. The number of aliphatic carboxylic acids is 1. The maximum absolute atomic E-state index is 13.3. The van der Waals surface area contributed by atoms with Gasteiger partial charge < -0.3 is 15.6 Å². The SMILES string of the molecule is N[C@@H](Cc1cccc(S(=O)(=O)N2CC(Oc3ccc(F)cc3)(c3ccccc3)C2)c1)C(=O)O. The number of carboxylic acids is 1. The topological polar surface area (TPSA) is 110 Å². The molecule has 0 aromatic heterocycles. The molecule has 1 saturated heterocycles. The molecule has 172 valence electrons. The zero-order valence-corrected chi connectivity index (χ0v) is 18.4. The van der Waals surface area contributed by atoms with Crippen molar-refractivity contribution in [2.75, 3.05) is 13.1 Å². The van der Waals surface area contributed by atoms with Gasteiger partial charge in [-0.2, -0.15) is 4.31 Å². The van der Waals surface area contributed by atoms with Crippen LogP contribution in [-0.4, -0.2) is 42.9 Å². The molecule has 0 saturated carbocycles. The number of nitrogens with zero attached hydrogens (tertiary/aromatic N) is 1. The van der Waals surface area contributed by atoms with E-state index in [9.17, 15) is 17.6 Å². The number of carboxylic acid groups (broad SMARTS) is 1. The Labute approximate surface area is 191 Å². The van der Waals surface area contributed by atoms with E-state index in [0.717, 1.165) is 5.56 Å². The molecule has 1 fully saturated rings. The van der Waals surface area contributed by atoms with Crippen LogP contribution in [0.4, 0.5) is 4.39 Å². The Bertz CT molecular complexity index is 1240. The van der Waals surface area contributed by atoms with Crippen LogP contribution in [0.5, 0.6) is 5.75 Å². The number of sulfonamides is 1. The van der Waals surface area contributed by atoms with Crippen molar-refractivity contribution in [2.45, 2.75) is 23.0 Å². The lowest BCUT2D eigenvalue weighted by Gasteiger charge is -2.48. The molecule has 1 heterocycles. The quantitative estimate of drug-likeness (QED) is 0.524. The van der Waals surface area contributed by atoms with Crippen LogP contribution in [0.3, 0.4) is 0 Å². The molecule has 0 unspecified atom stereocenters. The molecule has 7 nitrogen and oxygen atoms in total. The smallest absolute Gasteiger partial charge is 0.320 e. The molecule has 1 atom stereocenters. The molecule has 0 amide bonds. The summed E-state index contributed by atoms with van der Waals surface area (Å²) in [4.78, 5) is 11.1. The number of benzene rings is 3. The van der Waals surface area contributed by atoms with Crippen LogP contribution in [0, 0.1) is 5.82 Å². The molecule has 0 spiro atoms. The Kier molecular flexibility index (Phi) is 6.20. The second-order valence-electron chi connectivity index (χ2n) is 7.99. The van der Waals surface area contributed by atoms with E-state index in [4.69, 9.17) is 15.6 Å². The van der Waals surface area contributed by atoms with Gasteiger partial charge in [0.25, 0.3) is 0 Å². The van der Waals surface area contributed by atoms with Gasteiger partial charge in [-0.25, -0.2) is 12.8 Å². The van der Waals surface area contributed by atoms with E-state index in [1.54, 1.807) is 12.1 Å². The van der Waals surface area contributed by atoms with Crippen LogP contribution >= 0.6 is 0 Å². The molecule has 0 bridgehead atoms. The summed E-state index contributed by atoms with van der Waals surface area (Å²) in [6.45, 7) is 0.130. The van der Waals surface area contributed by atoms with Crippen molar-refractivity contribution in [3.05, 3.63) is 95.8 Å². The van der Waals surface area contributed by atoms with Gasteiger partial charge in [0.2, 0.25) is 10.0 Å². The first-order chi connectivity index (χ1) is 15.7. The molecule has 0 aliphatic carbocycles. The molecule has 33 heavy (non-hydrogen) atoms. The van der Waals surface area contributed by atoms with Gasteiger partial charge in [-0.15, -0.1) is 0 Å². The third-order valence-corrected chi connectivity index (χ3v) is 7.39. The third-order valence-electron chi connectivity index (χ3n) is 5.60. The maximum atomic E-state index is 13.3. The van der Waals surface area contributed by atoms with Crippen LogP contribution in [0.1, 0.15) is 11.1 Å². The predicted octanol–water partition coefficient (Wildman–Crippen LogP) is 2.76. The zero-order chi connectivity index (χ0) is 23.6. The minimum absolute atomic E-state index is 0.0142. The Morgan fingerprint density at radius 1 is 1.06 bits per heavy atom. The number of ether oxygens (including phenoxy) is 1. The number of halogens is 1. The van der Waals surface area contributed by atoms with Crippen LogP contribution in [0.2, 0.25) is 0 Å². The fourth-order valence-corrected chi connectivity index (χ4v) is 5.40. The first-order valence-electron chi connectivity index (χ1n) is 10.3. The van der Waals surface area contributed by atoms with Gasteiger partial charge in [-0.05, 0) is 53.9 Å². The van der Waals surface area contributed by atoms with Crippen molar-refractivity contribution in [1.29, 1.82) is 0 Å². The summed E-state index contributed by atoms with van der Waals surface area (Å²) in [6.07, 6.45) is 0.0142. The first kappa shape index (κ1) is 22.9. The van der Waals surface area contributed by atoms with E-state index in [2.05, 4.69) is 0 Å². The Balaban J connectivity index is 1.58. The van der Waals surface area contributed by atoms with E-state index in [1.165, 1.54) is 40.7 Å². The highest BCUT2D eigenvalue weighted by Gasteiger charge is 2.52. The van der Waals surface area contributed by atoms with Crippen molar-refractivity contribution in [2.24, 2.45) is 5.73 Å². The van der Waals surface area contributed by atoms with E-state index in [-0.39, 0.29) is 24.4 Å². The standard InChI is InChI=1S/C24H23FN2O5S/c25-19-9-11-20(12-10-19)32-24(18-6-2-1-3-7-18)15-27(16-24)33(30,31)21-8-4-5-17(13-21)14-22(26)23(28)29/h1-13,22H,14-16,26H2,(H,28,29)/t22-/m0/s1. The van der Waals surface area contributed by atoms with Gasteiger partial charge >= 0.3 is 5.97 Å². The molecule has 1 aliphatic rings. The normalized spacial score (nSPS) is 16.5. The van der Waals surface area contributed by atoms with Gasteiger partial charge in [0.15, 0.2) is 5.60 Å². The Hall–Kier alpha value is -3.27. The van der Waals surface area contributed by atoms with E-state index >= 15 is 0 Å². The zero-order valence-electron chi connectivity index (χ0n) is 17.6. The van der Waals surface area contributed by atoms with Gasteiger partial charge in [0, 0.05) is 0 Å². The third kappa shape index (κ3) is 4.75. The molecule has 1 aliphatic heterocycles. The summed E-state index contributed by atoms with van der Waals surface area (Å²) in [7, 11) is -3.85. The number of hydrogen-bond acceptors (Lipinski definition) is 5. The summed E-state index contributed by atoms with van der Waals surface area (Å²) in [5.41, 5.74) is 5.99. The average molecular weight is 471 g/mol. The Morgan fingerprint density at radius 2 is 1.73 bits per heavy atom. The van der Waals surface area contributed by atoms with Crippen molar-refractivity contribution in [1.82, 2.24) is 4.31 Å². The number of rotatable bonds is 8. The predicted molar refractivity (Wildman–Crippen MR) is 120 cm³/mol. The van der Waals surface area contributed by atoms with Crippen molar-refractivity contribution < 1.29 is 27.4 Å². The van der Waals surface area contributed by atoms with E-state index in [1.807, 2.05) is 30.3 Å². The molecule has 0 radical (unpaired) electrons. The molecule has 4 rings (SSSR count). The van der Waals surface area contributed by atoms with Crippen LogP contribution in [0.25, 0.3) is 0 Å². The van der Waals surface area contributed by atoms with Crippen LogP contribution in [0.15, 0.2) is 83.8 Å². The highest BCUT2D eigenvalue weighted by molar-refractivity contribution is 7.89. The average Bonchev–Trinajstić information content (AvgIpc) is 2.78. The second kappa shape index (κ2) is 8.93. The molecular weight excluding hydrogens is 447 g/mol.